The normalized spacial score (nSPS) is 11.3. The van der Waals surface area contributed by atoms with E-state index in [1.54, 1.807) is 6.07 Å². The molecule has 0 atom stereocenters. The van der Waals surface area contributed by atoms with E-state index in [4.69, 9.17) is 0 Å². The zero-order valence-corrected chi connectivity index (χ0v) is 15.0. The Bertz CT molecular complexity index is 797. The van der Waals surface area contributed by atoms with Crippen molar-refractivity contribution in [3.63, 3.8) is 0 Å². The van der Waals surface area contributed by atoms with Crippen LogP contribution < -0.4 is 15.4 Å². The number of nitrogens with one attached hydrogen (secondary N) is 3. The highest BCUT2D eigenvalue weighted by atomic mass is 32.2. The highest BCUT2D eigenvalue weighted by molar-refractivity contribution is 7.88. The fourth-order valence-electron chi connectivity index (χ4n) is 2.14. The van der Waals surface area contributed by atoms with Crippen molar-refractivity contribution < 1.29 is 12.8 Å². The van der Waals surface area contributed by atoms with Gasteiger partial charge < -0.3 is 10.6 Å². The molecule has 0 unspecified atom stereocenters. The van der Waals surface area contributed by atoms with Crippen LogP contribution in [0.5, 0.6) is 0 Å². The molecule has 7 nitrogen and oxygen atoms in total. The predicted molar refractivity (Wildman–Crippen MR) is 96.4 cm³/mol. The van der Waals surface area contributed by atoms with Crippen molar-refractivity contribution in [2.75, 3.05) is 30.3 Å². The van der Waals surface area contributed by atoms with Gasteiger partial charge in [-0.25, -0.2) is 22.5 Å². The molecule has 0 aliphatic carbocycles. The monoisotopic (exact) mass is 367 g/mol. The molecule has 0 bridgehead atoms. The maximum absolute atomic E-state index is 12.8. The fourth-order valence-corrected chi connectivity index (χ4v) is 3.29. The van der Waals surface area contributed by atoms with Gasteiger partial charge in [0.15, 0.2) is 0 Å². The summed E-state index contributed by atoms with van der Waals surface area (Å²) in [6.07, 6.45) is 0. The third-order valence-electron chi connectivity index (χ3n) is 3.21. The van der Waals surface area contributed by atoms with E-state index < -0.39 is 15.8 Å². The number of halogens is 1. The lowest BCUT2D eigenvalue weighted by molar-refractivity contribution is 0.581. The van der Waals surface area contributed by atoms with Crippen LogP contribution in [0.4, 0.5) is 16.2 Å². The number of nitrogens with zero attached hydrogens (tertiary/aromatic N) is 2. The minimum absolute atomic E-state index is 0.190. The first kappa shape index (κ1) is 19.1. The van der Waals surface area contributed by atoms with Crippen LogP contribution in [0.15, 0.2) is 30.3 Å². The summed E-state index contributed by atoms with van der Waals surface area (Å²) >= 11 is 0. The van der Waals surface area contributed by atoms with Gasteiger partial charge in [-0.3, -0.25) is 0 Å². The summed E-state index contributed by atoms with van der Waals surface area (Å²) in [5.74, 6) is 0.572. The van der Waals surface area contributed by atoms with Gasteiger partial charge in [0.1, 0.15) is 11.6 Å². The van der Waals surface area contributed by atoms with Crippen molar-refractivity contribution in [2.24, 2.45) is 0 Å². The Hall–Kier alpha value is -2.26. The SMILES string of the molecule is CCNc1nc(C)cc(NCCNS(=O)(=O)Cc2ccc(F)cc2)n1. The molecular formula is C16H22FN5O2S. The molecule has 9 heteroatoms. The first-order chi connectivity index (χ1) is 11.9. The summed E-state index contributed by atoms with van der Waals surface area (Å²) in [5.41, 5.74) is 1.34. The summed E-state index contributed by atoms with van der Waals surface area (Å²) in [6, 6.07) is 7.18. The minimum atomic E-state index is -3.48. The molecular weight excluding hydrogens is 345 g/mol. The van der Waals surface area contributed by atoms with Crippen molar-refractivity contribution in [1.82, 2.24) is 14.7 Å². The van der Waals surface area contributed by atoms with Crippen LogP contribution in [-0.4, -0.2) is 38.0 Å². The average molecular weight is 367 g/mol. The smallest absolute Gasteiger partial charge is 0.224 e. The Morgan fingerprint density at radius 2 is 1.80 bits per heavy atom. The summed E-state index contributed by atoms with van der Waals surface area (Å²) < 4.78 is 39.4. The Balaban J connectivity index is 1.82. The van der Waals surface area contributed by atoms with E-state index in [2.05, 4.69) is 25.3 Å². The molecule has 0 aliphatic heterocycles. The highest BCUT2D eigenvalue weighted by Crippen LogP contribution is 2.09. The van der Waals surface area contributed by atoms with E-state index in [0.717, 1.165) is 5.69 Å². The van der Waals surface area contributed by atoms with Crippen LogP contribution in [0.2, 0.25) is 0 Å². The Morgan fingerprint density at radius 3 is 2.48 bits per heavy atom. The van der Waals surface area contributed by atoms with Crippen LogP contribution in [0.3, 0.4) is 0 Å². The standard InChI is InChI=1S/C16H22FN5O2S/c1-3-18-16-21-12(2)10-15(22-16)19-8-9-20-25(23,24)11-13-4-6-14(17)7-5-13/h4-7,10,20H,3,8-9,11H2,1-2H3,(H2,18,19,21,22). The topological polar surface area (TPSA) is 96.0 Å². The van der Waals surface area contributed by atoms with Gasteiger partial charge in [-0.2, -0.15) is 4.98 Å². The molecule has 0 saturated carbocycles. The summed E-state index contributed by atoms with van der Waals surface area (Å²) in [4.78, 5) is 8.53. The molecule has 1 aromatic heterocycles. The van der Waals surface area contributed by atoms with Gasteiger partial charge in [-0.05, 0) is 31.5 Å². The first-order valence-electron chi connectivity index (χ1n) is 7.93. The number of anilines is 2. The van der Waals surface area contributed by atoms with Crippen LogP contribution in [0.25, 0.3) is 0 Å². The van der Waals surface area contributed by atoms with Crippen LogP contribution >= 0.6 is 0 Å². The Kier molecular flexibility index (Phi) is 6.65. The summed E-state index contributed by atoms with van der Waals surface area (Å²) in [7, 11) is -3.48. The zero-order valence-electron chi connectivity index (χ0n) is 14.2. The number of aryl methyl sites for hydroxylation is 1. The number of hydrogen-bond donors (Lipinski definition) is 3. The van der Waals surface area contributed by atoms with Gasteiger partial charge in [0.2, 0.25) is 16.0 Å². The third-order valence-corrected chi connectivity index (χ3v) is 4.57. The number of benzene rings is 1. The molecule has 0 fully saturated rings. The molecule has 25 heavy (non-hydrogen) atoms. The molecule has 2 aromatic rings. The molecule has 3 N–H and O–H groups in total. The first-order valence-corrected chi connectivity index (χ1v) is 9.58. The predicted octanol–water partition coefficient (Wildman–Crippen LogP) is 1.89. The molecule has 0 saturated heterocycles. The largest absolute Gasteiger partial charge is 0.369 e. The zero-order chi connectivity index (χ0) is 18.3. The lowest BCUT2D eigenvalue weighted by Crippen LogP contribution is -2.30. The lowest BCUT2D eigenvalue weighted by Gasteiger charge is -2.10. The molecule has 0 radical (unpaired) electrons. The minimum Gasteiger partial charge on any atom is -0.369 e. The van der Waals surface area contributed by atoms with Gasteiger partial charge in [-0.15, -0.1) is 0 Å². The molecule has 0 spiro atoms. The van der Waals surface area contributed by atoms with E-state index in [1.165, 1.54) is 24.3 Å². The molecule has 1 heterocycles. The molecule has 136 valence electrons. The van der Waals surface area contributed by atoms with Crippen molar-refractivity contribution in [2.45, 2.75) is 19.6 Å². The molecule has 0 amide bonds. The lowest BCUT2D eigenvalue weighted by atomic mass is 10.2. The number of aromatic nitrogens is 2. The van der Waals surface area contributed by atoms with Crippen LogP contribution in [0, 0.1) is 12.7 Å². The second-order valence-electron chi connectivity index (χ2n) is 5.46. The molecule has 2 rings (SSSR count). The maximum Gasteiger partial charge on any atom is 0.224 e. The van der Waals surface area contributed by atoms with E-state index >= 15 is 0 Å². The summed E-state index contributed by atoms with van der Waals surface area (Å²) in [6.45, 7) is 5.12. The fraction of sp³-hybridized carbons (Fsp3) is 0.375. The van der Waals surface area contributed by atoms with E-state index in [0.29, 0.717) is 30.4 Å². The van der Waals surface area contributed by atoms with Crippen molar-refractivity contribution in [1.29, 1.82) is 0 Å². The van der Waals surface area contributed by atoms with Gasteiger partial charge in [0.25, 0.3) is 0 Å². The van der Waals surface area contributed by atoms with Gasteiger partial charge >= 0.3 is 0 Å². The second kappa shape index (κ2) is 8.72. The van der Waals surface area contributed by atoms with Crippen molar-refractivity contribution in [3.8, 4) is 0 Å². The van der Waals surface area contributed by atoms with Gasteiger partial charge in [0, 0.05) is 31.4 Å². The number of sulfonamides is 1. The van der Waals surface area contributed by atoms with Crippen LogP contribution in [0.1, 0.15) is 18.2 Å². The van der Waals surface area contributed by atoms with E-state index in [-0.39, 0.29) is 12.3 Å². The van der Waals surface area contributed by atoms with E-state index in [1.807, 2.05) is 13.8 Å². The third kappa shape index (κ3) is 6.63. The van der Waals surface area contributed by atoms with Crippen molar-refractivity contribution >= 4 is 21.8 Å². The highest BCUT2D eigenvalue weighted by Gasteiger charge is 2.11. The van der Waals surface area contributed by atoms with E-state index in [9.17, 15) is 12.8 Å². The van der Waals surface area contributed by atoms with Gasteiger partial charge in [0.05, 0.1) is 5.75 Å². The van der Waals surface area contributed by atoms with Crippen molar-refractivity contribution in [3.05, 3.63) is 47.4 Å². The molecule has 0 aliphatic rings. The van der Waals surface area contributed by atoms with Crippen LogP contribution in [-0.2, 0) is 15.8 Å². The summed E-state index contributed by atoms with van der Waals surface area (Å²) in [5, 5.41) is 6.09. The second-order valence-corrected chi connectivity index (χ2v) is 7.26. The van der Waals surface area contributed by atoms with Gasteiger partial charge in [-0.1, -0.05) is 12.1 Å². The quantitative estimate of drug-likeness (QED) is 0.586. The Labute approximate surface area is 147 Å². The average Bonchev–Trinajstić information content (AvgIpc) is 2.53. The maximum atomic E-state index is 12.8. The number of hydrogen-bond acceptors (Lipinski definition) is 6. The molecule has 1 aromatic carbocycles. The number of rotatable bonds is 9. The Morgan fingerprint density at radius 1 is 1.08 bits per heavy atom.